The average molecular weight is 367 g/mol. The van der Waals surface area contributed by atoms with Gasteiger partial charge in [0.05, 0.1) is 22.5 Å². The maximum absolute atomic E-state index is 12.8. The van der Waals surface area contributed by atoms with Crippen molar-refractivity contribution in [2.45, 2.75) is 18.9 Å². The molecule has 2 aromatic carbocycles. The van der Waals surface area contributed by atoms with Crippen LogP contribution in [0.25, 0.3) is 10.9 Å². The highest BCUT2D eigenvalue weighted by Gasteiger charge is 2.07. The van der Waals surface area contributed by atoms with E-state index in [1.165, 1.54) is 30.1 Å². The lowest BCUT2D eigenvalue weighted by molar-refractivity contribution is -0.118. The summed E-state index contributed by atoms with van der Waals surface area (Å²) in [5.74, 6) is -0.321. The average Bonchev–Trinajstić information content (AvgIpc) is 2.63. The number of aromatic nitrogens is 1. The van der Waals surface area contributed by atoms with Gasteiger partial charge in [-0.25, -0.2) is 14.8 Å². The number of rotatable bonds is 5. The van der Waals surface area contributed by atoms with Gasteiger partial charge in [-0.2, -0.15) is 5.10 Å². The van der Waals surface area contributed by atoms with Crippen LogP contribution in [-0.4, -0.2) is 22.9 Å². The van der Waals surface area contributed by atoms with Crippen LogP contribution in [0.2, 0.25) is 0 Å². The van der Waals surface area contributed by atoms with Gasteiger partial charge in [-0.1, -0.05) is 42.1 Å². The van der Waals surface area contributed by atoms with E-state index < -0.39 is 0 Å². The number of carbonyl (C=O) groups excluding carboxylic acids is 1. The molecule has 132 valence electrons. The van der Waals surface area contributed by atoms with Crippen molar-refractivity contribution in [3.05, 3.63) is 71.0 Å². The molecule has 1 heterocycles. The molecule has 26 heavy (non-hydrogen) atoms. The van der Waals surface area contributed by atoms with Gasteiger partial charge >= 0.3 is 0 Å². The third-order valence-corrected chi connectivity index (χ3v) is 4.76. The fourth-order valence-electron chi connectivity index (χ4n) is 2.50. The van der Waals surface area contributed by atoms with Crippen LogP contribution in [0.4, 0.5) is 4.39 Å². The first-order valence-corrected chi connectivity index (χ1v) is 9.09. The number of thioether (sulfide) groups is 1. The van der Waals surface area contributed by atoms with E-state index in [9.17, 15) is 9.18 Å². The highest BCUT2D eigenvalue weighted by Crippen LogP contribution is 2.25. The summed E-state index contributed by atoms with van der Waals surface area (Å²) in [7, 11) is 0. The van der Waals surface area contributed by atoms with Gasteiger partial charge in [0, 0.05) is 5.39 Å². The van der Waals surface area contributed by atoms with Crippen molar-refractivity contribution in [1.29, 1.82) is 0 Å². The molecule has 0 fully saturated rings. The molecule has 1 aromatic heterocycles. The second-order valence-electron chi connectivity index (χ2n) is 5.88. The SMILES string of the molecule is Cc1cc(SCC(=O)N/N=C/c2ccc(F)cc2)nc2c(C)cccc12. The number of para-hydroxylation sites is 1. The topological polar surface area (TPSA) is 54.4 Å². The van der Waals surface area contributed by atoms with Crippen LogP contribution in [0.3, 0.4) is 0 Å². The molecule has 0 saturated heterocycles. The number of hydrogen-bond acceptors (Lipinski definition) is 4. The van der Waals surface area contributed by atoms with Gasteiger partial charge < -0.3 is 0 Å². The van der Waals surface area contributed by atoms with Crippen molar-refractivity contribution in [3.8, 4) is 0 Å². The quantitative estimate of drug-likeness (QED) is 0.417. The Kier molecular flexibility index (Phi) is 5.63. The van der Waals surface area contributed by atoms with E-state index in [4.69, 9.17) is 0 Å². The molecule has 6 heteroatoms. The van der Waals surface area contributed by atoms with Gasteiger partial charge in [0.2, 0.25) is 5.91 Å². The molecule has 0 saturated carbocycles. The van der Waals surface area contributed by atoms with Crippen LogP contribution >= 0.6 is 11.8 Å². The van der Waals surface area contributed by atoms with Crippen LogP contribution in [0, 0.1) is 19.7 Å². The molecule has 0 radical (unpaired) electrons. The number of nitrogens with zero attached hydrogens (tertiary/aromatic N) is 2. The van der Waals surface area contributed by atoms with Crippen molar-refractivity contribution in [3.63, 3.8) is 0 Å². The minimum atomic E-state index is -0.309. The Morgan fingerprint density at radius 2 is 1.96 bits per heavy atom. The van der Waals surface area contributed by atoms with Gasteiger partial charge in [-0.3, -0.25) is 4.79 Å². The Morgan fingerprint density at radius 3 is 2.73 bits per heavy atom. The first kappa shape index (κ1) is 18.1. The predicted molar refractivity (Wildman–Crippen MR) is 104 cm³/mol. The number of amides is 1. The molecule has 1 amide bonds. The number of aryl methyl sites for hydroxylation is 2. The number of carbonyl (C=O) groups is 1. The Hall–Kier alpha value is -2.73. The maximum atomic E-state index is 12.8. The molecule has 0 unspecified atom stereocenters. The molecule has 3 aromatic rings. The summed E-state index contributed by atoms with van der Waals surface area (Å²) in [4.78, 5) is 16.6. The Bertz CT molecular complexity index is 971. The highest BCUT2D eigenvalue weighted by atomic mass is 32.2. The fourth-order valence-corrected chi connectivity index (χ4v) is 3.26. The molecule has 0 aliphatic heterocycles. The molecule has 4 nitrogen and oxygen atoms in total. The number of nitrogens with one attached hydrogen (secondary N) is 1. The van der Waals surface area contributed by atoms with E-state index in [0.29, 0.717) is 5.56 Å². The lowest BCUT2D eigenvalue weighted by Crippen LogP contribution is -2.19. The molecule has 0 bridgehead atoms. The van der Waals surface area contributed by atoms with Crippen molar-refractivity contribution >= 4 is 34.8 Å². The number of pyridine rings is 1. The normalized spacial score (nSPS) is 11.2. The largest absolute Gasteiger partial charge is 0.272 e. The number of benzene rings is 2. The Morgan fingerprint density at radius 1 is 1.19 bits per heavy atom. The van der Waals surface area contributed by atoms with E-state index in [2.05, 4.69) is 21.6 Å². The minimum absolute atomic E-state index is 0.213. The zero-order chi connectivity index (χ0) is 18.5. The standard InChI is InChI=1S/C20H18FN3OS/c1-13-4-3-5-17-14(2)10-19(23-20(13)17)26-12-18(25)24-22-11-15-6-8-16(21)9-7-15/h3-11H,12H2,1-2H3,(H,24,25)/b22-11+. The highest BCUT2D eigenvalue weighted by molar-refractivity contribution is 7.99. The van der Waals surface area contributed by atoms with Crippen molar-refractivity contribution in [1.82, 2.24) is 10.4 Å². The minimum Gasteiger partial charge on any atom is -0.272 e. The van der Waals surface area contributed by atoms with E-state index >= 15 is 0 Å². The fraction of sp³-hybridized carbons (Fsp3) is 0.150. The van der Waals surface area contributed by atoms with Gasteiger partial charge in [0.25, 0.3) is 0 Å². The first-order chi connectivity index (χ1) is 12.5. The Labute approximate surface area is 155 Å². The van der Waals surface area contributed by atoms with Crippen LogP contribution in [0.5, 0.6) is 0 Å². The lowest BCUT2D eigenvalue weighted by atomic mass is 10.1. The third-order valence-electron chi connectivity index (χ3n) is 3.85. The molecule has 3 rings (SSSR count). The molecule has 0 atom stereocenters. The van der Waals surface area contributed by atoms with E-state index in [1.54, 1.807) is 12.1 Å². The number of fused-ring (bicyclic) bond motifs is 1. The lowest BCUT2D eigenvalue weighted by Gasteiger charge is -2.08. The van der Waals surface area contributed by atoms with Crippen LogP contribution in [0.15, 0.2) is 58.7 Å². The van der Waals surface area contributed by atoms with Crippen molar-refractivity contribution in [2.75, 3.05) is 5.75 Å². The summed E-state index contributed by atoms with van der Waals surface area (Å²) >= 11 is 1.37. The molecular weight excluding hydrogens is 349 g/mol. The van der Waals surface area contributed by atoms with Crippen LogP contribution in [-0.2, 0) is 4.79 Å². The second-order valence-corrected chi connectivity index (χ2v) is 6.88. The van der Waals surface area contributed by atoms with Crippen LogP contribution < -0.4 is 5.43 Å². The summed E-state index contributed by atoms with van der Waals surface area (Å²) in [6.45, 7) is 4.07. The summed E-state index contributed by atoms with van der Waals surface area (Å²) < 4.78 is 12.8. The summed E-state index contributed by atoms with van der Waals surface area (Å²) in [6, 6.07) is 13.9. The molecule has 0 aliphatic carbocycles. The number of halogens is 1. The molecule has 1 N–H and O–H groups in total. The van der Waals surface area contributed by atoms with Gasteiger partial charge in [-0.05, 0) is 48.7 Å². The van der Waals surface area contributed by atoms with E-state index in [0.717, 1.165) is 27.1 Å². The van der Waals surface area contributed by atoms with Gasteiger partial charge in [0.15, 0.2) is 0 Å². The van der Waals surface area contributed by atoms with Crippen molar-refractivity contribution < 1.29 is 9.18 Å². The summed E-state index contributed by atoms with van der Waals surface area (Å²) in [5.41, 5.74) is 6.39. The molecular formula is C20H18FN3OS. The number of hydrazone groups is 1. The molecule has 0 aliphatic rings. The van der Waals surface area contributed by atoms with E-state index in [1.807, 2.05) is 32.0 Å². The Balaban J connectivity index is 1.60. The number of hydrogen-bond donors (Lipinski definition) is 1. The van der Waals surface area contributed by atoms with Gasteiger partial charge in [-0.15, -0.1) is 0 Å². The zero-order valence-corrected chi connectivity index (χ0v) is 15.3. The van der Waals surface area contributed by atoms with Crippen molar-refractivity contribution in [2.24, 2.45) is 5.10 Å². The van der Waals surface area contributed by atoms with Crippen LogP contribution in [0.1, 0.15) is 16.7 Å². The van der Waals surface area contributed by atoms with Gasteiger partial charge in [0.1, 0.15) is 5.82 Å². The first-order valence-electron chi connectivity index (χ1n) is 8.10. The third kappa shape index (κ3) is 4.46. The summed E-state index contributed by atoms with van der Waals surface area (Å²) in [6.07, 6.45) is 1.48. The maximum Gasteiger partial charge on any atom is 0.250 e. The molecule has 0 spiro atoms. The monoisotopic (exact) mass is 367 g/mol. The smallest absolute Gasteiger partial charge is 0.250 e. The second kappa shape index (κ2) is 8.10. The summed E-state index contributed by atoms with van der Waals surface area (Å²) in [5, 5.41) is 5.82. The predicted octanol–water partition coefficient (Wildman–Crippen LogP) is 4.23. The van der Waals surface area contributed by atoms with E-state index in [-0.39, 0.29) is 17.5 Å². The zero-order valence-electron chi connectivity index (χ0n) is 14.5.